The number of hydrogen-bond donors (Lipinski definition) is 1. The molecule has 7 heteroatoms. The van der Waals surface area contributed by atoms with Gasteiger partial charge in [0, 0.05) is 50.5 Å². The van der Waals surface area contributed by atoms with Gasteiger partial charge in [0.1, 0.15) is 11.5 Å². The smallest absolute Gasteiger partial charge is 0.272 e. The Kier molecular flexibility index (Phi) is 5.55. The molecule has 0 radical (unpaired) electrons. The molecule has 1 unspecified atom stereocenters. The van der Waals surface area contributed by atoms with Crippen LogP contribution in [-0.4, -0.2) is 64.3 Å². The minimum Gasteiger partial charge on any atom is -0.465 e. The molecule has 7 nitrogen and oxygen atoms in total. The highest BCUT2D eigenvalue weighted by atomic mass is 16.3. The lowest BCUT2D eigenvalue weighted by Gasteiger charge is -2.40. The molecular weight excluding hydrogens is 354 g/mol. The average Bonchev–Trinajstić information content (AvgIpc) is 3.29. The lowest BCUT2D eigenvalue weighted by atomic mass is 9.89. The summed E-state index contributed by atoms with van der Waals surface area (Å²) in [5.41, 5.74) is 2.92. The predicted molar refractivity (Wildman–Crippen MR) is 107 cm³/mol. The number of furan rings is 1. The second-order valence-electron chi connectivity index (χ2n) is 7.96. The molecule has 1 amide bonds. The highest BCUT2D eigenvalue weighted by Gasteiger charge is 2.32. The Bertz CT molecular complexity index is 832. The van der Waals surface area contributed by atoms with Crippen molar-refractivity contribution in [1.29, 1.82) is 0 Å². The zero-order chi connectivity index (χ0) is 19.7. The number of aromatic nitrogens is 2. The van der Waals surface area contributed by atoms with Gasteiger partial charge in [-0.2, -0.15) is 5.10 Å². The van der Waals surface area contributed by atoms with Gasteiger partial charge < -0.3 is 14.6 Å². The first-order chi connectivity index (χ1) is 13.5. The first kappa shape index (κ1) is 19.2. The third-order valence-corrected chi connectivity index (χ3v) is 6.23. The second kappa shape index (κ2) is 8.09. The molecule has 2 aromatic heterocycles. The van der Waals surface area contributed by atoms with Crippen LogP contribution in [0, 0.1) is 6.92 Å². The summed E-state index contributed by atoms with van der Waals surface area (Å²) in [6, 6.07) is 4.32. The summed E-state index contributed by atoms with van der Waals surface area (Å²) >= 11 is 0. The maximum atomic E-state index is 12.8. The van der Waals surface area contributed by atoms with Crippen molar-refractivity contribution in [3.05, 3.63) is 40.6 Å². The molecule has 1 atom stereocenters. The van der Waals surface area contributed by atoms with Crippen LogP contribution in [0.2, 0.25) is 0 Å². The molecule has 1 aliphatic heterocycles. The zero-order valence-corrected chi connectivity index (χ0v) is 17.2. The molecule has 28 heavy (non-hydrogen) atoms. The third-order valence-electron chi connectivity index (χ3n) is 6.23. The van der Waals surface area contributed by atoms with E-state index in [1.54, 1.807) is 0 Å². The fraction of sp³-hybridized carbons (Fsp3) is 0.619. The molecule has 0 bridgehead atoms. The van der Waals surface area contributed by atoms with Gasteiger partial charge in [-0.3, -0.25) is 14.4 Å². The number of amides is 1. The average molecular weight is 386 g/mol. The van der Waals surface area contributed by atoms with E-state index in [0.29, 0.717) is 18.3 Å². The Hall–Kier alpha value is -2.12. The number of nitrogens with zero attached hydrogens (tertiary/aromatic N) is 4. The van der Waals surface area contributed by atoms with Crippen molar-refractivity contribution in [3.8, 4) is 0 Å². The largest absolute Gasteiger partial charge is 0.465 e. The lowest BCUT2D eigenvalue weighted by Crippen LogP contribution is -2.51. The Morgan fingerprint density at radius 3 is 2.75 bits per heavy atom. The Labute approximate surface area is 166 Å². The van der Waals surface area contributed by atoms with Crippen molar-refractivity contribution >= 4 is 5.91 Å². The van der Waals surface area contributed by atoms with Gasteiger partial charge in [0.2, 0.25) is 0 Å². The summed E-state index contributed by atoms with van der Waals surface area (Å²) in [5, 5.41) is 7.53. The maximum absolute atomic E-state index is 12.8. The van der Waals surface area contributed by atoms with Crippen molar-refractivity contribution in [2.24, 2.45) is 7.05 Å². The van der Waals surface area contributed by atoms with Gasteiger partial charge in [0.05, 0.1) is 6.54 Å². The van der Waals surface area contributed by atoms with Gasteiger partial charge in [-0.25, -0.2) is 0 Å². The van der Waals surface area contributed by atoms with Crippen molar-refractivity contribution in [1.82, 2.24) is 24.9 Å². The summed E-state index contributed by atoms with van der Waals surface area (Å²) < 4.78 is 7.45. The van der Waals surface area contributed by atoms with Crippen molar-refractivity contribution < 1.29 is 9.21 Å². The van der Waals surface area contributed by atoms with E-state index >= 15 is 0 Å². The molecule has 3 heterocycles. The van der Waals surface area contributed by atoms with Crippen LogP contribution in [0.3, 0.4) is 0 Å². The molecule has 0 spiro atoms. The highest BCUT2D eigenvalue weighted by molar-refractivity contribution is 5.94. The van der Waals surface area contributed by atoms with Crippen LogP contribution in [0.4, 0.5) is 0 Å². The Balaban J connectivity index is 1.44. The van der Waals surface area contributed by atoms with Crippen molar-refractivity contribution in [2.45, 2.75) is 45.7 Å². The molecule has 2 aromatic rings. The molecular formula is C21H31N5O2. The van der Waals surface area contributed by atoms with E-state index in [4.69, 9.17) is 4.42 Å². The zero-order valence-electron chi connectivity index (χ0n) is 17.2. The van der Waals surface area contributed by atoms with Crippen LogP contribution in [0.1, 0.15) is 46.6 Å². The lowest BCUT2D eigenvalue weighted by molar-refractivity contribution is 0.0907. The Morgan fingerprint density at radius 1 is 1.29 bits per heavy atom. The summed E-state index contributed by atoms with van der Waals surface area (Å²) in [6.07, 6.45) is 3.05. The molecule has 1 fully saturated rings. The number of rotatable bonds is 5. The van der Waals surface area contributed by atoms with Crippen LogP contribution in [-0.2, 0) is 26.4 Å². The third kappa shape index (κ3) is 3.86. The van der Waals surface area contributed by atoms with Crippen LogP contribution >= 0.6 is 0 Å². The molecule has 152 valence electrons. The van der Waals surface area contributed by atoms with E-state index in [1.807, 2.05) is 30.8 Å². The molecule has 1 N–H and O–H groups in total. The quantitative estimate of drug-likeness (QED) is 0.849. The molecule has 1 aliphatic carbocycles. The number of nitrogens with one attached hydrogen (secondary N) is 1. The van der Waals surface area contributed by atoms with E-state index in [-0.39, 0.29) is 5.91 Å². The second-order valence-corrected chi connectivity index (χ2v) is 7.96. The number of hydrogen-bond acceptors (Lipinski definition) is 5. The van der Waals surface area contributed by atoms with Gasteiger partial charge in [0.15, 0.2) is 5.69 Å². The predicted octanol–water partition coefficient (Wildman–Crippen LogP) is 1.75. The van der Waals surface area contributed by atoms with Crippen molar-refractivity contribution in [2.75, 3.05) is 32.7 Å². The van der Waals surface area contributed by atoms with E-state index in [1.165, 1.54) is 5.69 Å². The van der Waals surface area contributed by atoms with E-state index < -0.39 is 0 Å². The van der Waals surface area contributed by atoms with Crippen LogP contribution in [0.25, 0.3) is 0 Å². The number of carbonyl (C=O) groups is 1. The molecule has 2 aliphatic rings. The van der Waals surface area contributed by atoms with E-state index in [9.17, 15) is 4.79 Å². The number of aryl methyl sites for hydroxylation is 2. The summed E-state index contributed by atoms with van der Waals surface area (Å²) in [7, 11) is 1.95. The van der Waals surface area contributed by atoms with Gasteiger partial charge in [0.25, 0.3) is 5.91 Å². The molecule has 0 saturated carbocycles. The monoisotopic (exact) mass is 385 g/mol. The maximum Gasteiger partial charge on any atom is 0.272 e. The summed E-state index contributed by atoms with van der Waals surface area (Å²) in [5.74, 6) is 1.51. The standard InChI is InChI=1S/C21H31N5O2/c1-4-25-9-11-26(12-10-25)16-6-8-19-18(13-16)20(23-24(19)3)21(27)22-14-17-7-5-15(2)28-17/h5,7,16H,4,6,8-14H2,1-3H3,(H,22,27). The van der Waals surface area contributed by atoms with E-state index in [0.717, 1.165) is 69.1 Å². The van der Waals surface area contributed by atoms with Gasteiger partial charge in [-0.05, 0) is 44.9 Å². The van der Waals surface area contributed by atoms with E-state index in [2.05, 4.69) is 27.1 Å². The summed E-state index contributed by atoms with van der Waals surface area (Å²) in [4.78, 5) is 17.9. The fourth-order valence-electron chi connectivity index (χ4n) is 4.54. The SMILES string of the molecule is CCN1CCN(C2CCc3c(c(C(=O)NCc4ccc(C)o4)nn3C)C2)CC1. The van der Waals surface area contributed by atoms with Crippen molar-refractivity contribution in [3.63, 3.8) is 0 Å². The topological polar surface area (TPSA) is 66.5 Å². The molecule has 4 rings (SSSR count). The van der Waals surface area contributed by atoms with Gasteiger partial charge in [-0.15, -0.1) is 0 Å². The van der Waals surface area contributed by atoms with Gasteiger partial charge >= 0.3 is 0 Å². The first-order valence-corrected chi connectivity index (χ1v) is 10.4. The number of likely N-dealkylation sites (N-methyl/N-ethyl adjacent to an activating group) is 1. The number of piperazine rings is 1. The number of fused-ring (bicyclic) bond motifs is 1. The fourth-order valence-corrected chi connectivity index (χ4v) is 4.54. The van der Waals surface area contributed by atoms with Crippen LogP contribution in [0.5, 0.6) is 0 Å². The molecule has 1 saturated heterocycles. The first-order valence-electron chi connectivity index (χ1n) is 10.4. The molecule has 0 aromatic carbocycles. The minimum atomic E-state index is -0.109. The van der Waals surface area contributed by atoms with Gasteiger partial charge in [-0.1, -0.05) is 6.92 Å². The minimum absolute atomic E-state index is 0.109. The normalized spacial score (nSPS) is 20.9. The van der Waals surface area contributed by atoms with Crippen LogP contribution in [0.15, 0.2) is 16.5 Å². The summed E-state index contributed by atoms with van der Waals surface area (Å²) in [6.45, 7) is 10.2. The Morgan fingerprint density at radius 2 is 2.07 bits per heavy atom. The number of carbonyl (C=O) groups excluding carboxylic acids is 1. The van der Waals surface area contributed by atoms with Crippen LogP contribution < -0.4 is 5.32 Å². The highest BCUT2D eigenvalue weighted by Crippen LogP contribution is 2.27.